The molecule has 8 heteroatoms. The summed E-state index contributed by atoms with van der Waals surface area (Å²) >= 11 is 6.27. The van der Waals surface area contributed by atoms with Crippen molar-refractivity contribution in [3.8, 4) is 5.75 Å². The molecule has 1 amide bonds. The number of benzene rings is 1. The highest BCUT2D eigenvalue weighted by molar-refractivity contribution is 6.30. The fourth-order valence-corrected chi connectivity index (χ4v) is 4.81. The van der Waals surface area contributed by atoms with Crippen molar-refractivity contribution in [3.05, 3.63) is 46.4 Å². The molecule has 1 fully saturated rings. The van der Waals surface area contributed by atoms with Crippen LogP contribution >= 0.6 is 11.6 Å². The van der Waals surface area contributed by atoms with Crippen LogP contribution in [0, 0.1) is 18.8 Å². The number of hydrogen-bond donors (Lipinski definition) is 1. The van der Waals surface area contributed by atoms with Gasteiger partial charge in [0.15, 0.2) is 5.78 Å². The second-order valence-corrected chi connectivity index (χ2v) is 9.17. The van der Waals surface area contributed by atoms with E-state index in [0.717, 1.165) is 44.2 Å². The van der Waals surface area contributed by atoms with Gasteiger partial charge in [-0.1, -0.05) is 30.7 Å². The lowest BCUT2D eigenvalue weighted by Gasteiger charge is -2.24. The van der Waals surface area contributed by atoms with E-state index < -0.39 is 0 Å². The third-order valence-corrected chi connectivity index (χ3v) is 6.70. The van der Waals surface area contributed by atoms with Crippen LogP contribution in [0.4, 0.5) is 5.82 Å². The quantitative estimate of drug-likeness (QED) is 0.448. The standard InChI is InChI=1S/C25H33ClN4O3/c1-16(15-21(31)19-8-4-5-9-22(19)33-3)25(32)30-13-6-7-18(12-14-30)10-11-20-23(26)28-17(2)29-24(20)27/h4-5,8-9,16,18H,6-7,10-15H2,1-3H3,(H2,27,28,29)/t16-,18?/m1/s1. The van der Waals surface area contributed by atoms with Crippen molar-refractivity contribution >= 4 is 29.1 Å². The average Bonchev–Trinajstić information content (AvgIpc) is 3.03. The van der Waals surface area contributed by atoms with Crippen LogP contribution < -0.4 is 10.5 Å². The van der Waals surface area contributed by atoms with Crippen molar-refractivity contribution in [2.24, 2.45) is 11.8 Å². The number of anilines is 1. The zero-order chi connectivity index (χ0) is 24.0. The summed E-state index contributed by atoms with van der Waals surface area (Å²) in [5.74, 6) is 1.63. The number of nitrogen functional groups attached to an aromatic ring is 1. The van der Waals surface area contributed by atoms with E-state index in [0.29, 0.717) is 40.6 Å². The Morgan fingerprint density at radius 2 is 2.00 bits per heavy atom. The summed E-state index contributed by atoms with van der Waals surface area (Å²) in [4.78, 5) is 36.2. The molecule has 2 N–H and O–H groups in total. The van der Waals surface area contributed by atoms with Gasteiger partial charge in [-0.15, -0.1) is 0 Å². The van der Waals surface area contributed by atoms with E-state index in [2.05, 4.69) is 9.97 Å². The van der Waals surface area contributed by atoms with E-state index >= 15 is 0 Å². The molecular formula is C25H33ClN4O3. The minimum atomic E-state index is -0.373. The van der Waals surface area contributed by atoms with Crippen molar-refractivity contribution in [2.45, 2.75) is 52.4 Å². The van der Waals surface area contributed by atoms with Gasteiger partial charge in [-0.3, -0.25) is 9.59 Å². The van der Waals surface area contributed by atoms with Gasteiger partial charge in [0.05, 0.1) is 12.7 Å². The Balaban J connectivity index is 1.53. The lowest BCUT2D eigenvalue weighted by molar-refractivity contribution is -0.134. The zero-order valence-electron chi connectivity index (χ0n) is 19.6. The monoisotopic (exact) mass is 472 g/mol. The Bertz CT molecular complexity index is 974. The number of amides is 1. The molecule has 2 aromatic rings. The number of aromatic nitrogens is 2. The molecule has 0 spiro atoms. The average molecular weight is 473 g/mol. The van der Waals surface area contributed by atoms with E-state index in [-0.39, 0.29) is 24.0 Å². The number of para-hydroxylation sites is 1. The highest BCUT2D eigenvalue weighted by atomic mass is 35.5. The number of carbonyl (C=O) groups is 2. The fraction of sp³-hybridized carbons (Fsp3) is 0.520. The number of aryl methyl sites for hydroxylation is 1. The van der Waals surface area contributed by atoms with Gasteiger partial charge in [-0.05, 0) is 57.1 Å². The number of methoxy groups -OCH3 is 1. The number of nitrogens with two attached hydrogens (primary N) is 1. The lowest BCUT2D eigenvalue weighted by atomic mass is 9.93. The maximum atomic E-state index is 13.1. The van der Waals surface area contributed by atoms with Crippen LogP contribution in [0.15, 0.2) is 24.3 Å². The molecule has 0 saturated carbocycles. The molecule has 1 unspecified atom stereocenters. The second-order valence-electron chi connectivity index (χ2n) is 8.81. The Morgan fingerprint density at radius 1 is 1.24 bits per heavy atom. The summed E-state index contributed by atoms with van der Waals surface area (Å²) in [6.45, 7) is 5.03. The Morgan fingerprint density at radius 3 is 2.73 bits per heavy atom. The third-order valence-electron chi connectivity index (χ3n) is 6.38. The van der Waals surface area contributed by atoms with Crippen LogP contribution in [-0.4, -0.2) is 46.8 Å². The molecule has 7 nitrogen and oxygen atoms in total. The van der Waals surface area contributed by atoms with Crippen LogP contribution in [0.1, 0.15) is 60.8 Å². The number of rotatable bonds is 8. The highest BCUT2D eigenvalue weighted by Gasteiger charge is 2.27. The molecule has 1 saturated heterocycles. The molecule has 0 radical (unpaired) electrons. The molecule has 0 bridgehead atoms. The maximum Gasteiger partial charge on any atom is 0.225 e. The maximum absolute atomic E-state index is 13.1. The van der Waals surface area contributed by atoms with Crippen LogP contribution in [-0.2, 0) is 11.2 Å². The lowest BCUT2D eigenvalue weighted by Crippen LogP contribution is -2.36. The molecule has 3 rings (SSSR count). The summed E-state index contributed by atoms with van der Waals surface area (Å²) in [7, 11) is 1.54. The Hall–Kier alpha value is -2.67. The number of ketones is 1. The van der Waals surface area contributed by atoms with Crippen LogP contribution in [0.3, 0.4) is 0 Å². The van der Waals surface area contributed by atoms with Gasteiger partial charge in [0.25, 0.3) is 0 Å². The van der Waals surface area contributed by atoms with Gasteiger partial charge in [0, 0.05) is 31.0 Å². The number of Topliss-reactive ketones (excluding diaryl/α,β-unsaturated/α-hetero) is 1. The Kier molecular flexibility index (Phi) is 8.67. The number of halogens is 1. The summed E-state index contributed by atoms with van der Waals surface area (Å²) in [6.07, 6.45) is 4.74. The van der Waals surface area contributed by atoms with Crippen molar-refractivity contribution in [2.75, 3.05) is 25.9 Å². The summed E-state index contributed by atoms with van der Waals surface area (Å²) in [6, 6.07) is 7.14. The van der Waals surface area contributed by atoms with Gasteiger partial charge >= 0.3 is 0 Å². The van der Waals surface area contributed by atoms with E-state index in [9.17, 15) is 9.59 Å². The number of carbonyl (C=O) groups excluding carboxylic acids is 2. The predicted octanol–water partition coefficient (Wildman–Crippen LogP) is 4.50. The molecule has 1 aliphatic heterocycles. The first kappa shape index (κ1) is 25.0. The third kappa shape index (κ3) is 6.44. The van der Waals surface area contributed by atoms with Crippen molar-refractivity contribution in [1.82, 2.24) is 14.9 Å². The molecule has 1 aliphatic rings. The number of nitrogens with zero attached hydrogens (tertiary/aromatic N) is 3. The first-order valence-electron chi connectivity index (χ1n) is 11.5. The van der Waals surface area contributed by atoms with Gasteiger partial charge in [-0.2, -0.15) is 0 Å². The molecule has 2 heterocycles. The summed E-state index contributed by atoms with van der Waals surface area (Å²) < 4.78 is 5.29. The van der Waals surface area contributed by atoms with Gasteiger partial charge in [0.2, 0.25) is 5.91 Å². The van der Waals surface area contributed by atoms with Crippen LogP contribution in [0.2, 0.25) is 5.15 Å². The van der Waals surface area contributed by atoms with Crippen LogP contribution in [0.5, 0.6) is 5.75 Å². The fourth-order valence-electron chi connectivity index (χ4n) is 4.50. The van der Waals surface area contributed by atoms with Gasteiger partial charge in [0.1, 0.15) is 22.5 Å². The second kappa shape index (κ2) is 11.5. The molecule has 1 aromatic heterocycles. The molecular weight excluding hydrogens is 440 g/mol. The Labute approximate surface area is 200 Å². The predicted molar refractivity (Wildman–Crippen MR) is 130 cm³/mol. The molecule has 2 atom stereocenters. The summed E-state index contributed by atoms with van der Waals surface area (Å²) in [5, 5.41) is 0.430. The van der Waals surface area contributed by atoms with E-state index in [1.807, 2.05) is 17.9 Å². The topological polar surface area (TPSA) is 98.4 Å². The van der Waals surface area contributed by atoms with Crippen molar-refractivity contribution in [3.63, 3.8) is 0 Å². The minimum Gasteiger partial charge on any atom is -0.496 e. The first-order valence-corrected chi connectivity index (χ1v) is 11.9. The van der Waals surface area contributed by atoms with Crippen molar-refractivity contribution < 1.29 is 14.3 Å². The van der Waals surface area contributed by atoms with Crippen LogP contribution in [0.25, 0.3) is 0 Å². The largest absolute Gasteiger partial charge is 0.496 e. The molecule has 33 heavy (non-hydrogen) atoms. The molecule has 178 valence electrons. The minimum absolute atomic E-state index is 0.0399. The SMILES string of the molecule is COc1ccccc1C(=O)C[C@@H](C)C(=O)N1CCCC(CCc2c(N)nc(C)nc2Cl)CC1. The van der Waals surface area contributed by atoms with E-state index in [4.69, 9.17) is 22.1 Å². The van der Waals surface area contributed by atoms with E-state index in [1.165, 1.54) is 0 Å². The molecule has 1 aromatic carbocycles. The van der Waals surface area contributed by atoms with Gasteiger partial charge < -0.3 is 15.4 Å². The summed E-state index contributed by atoms with van der Waals surface area (Å²) in [5.41, 5.74) is 7.37. The smallest absolute Gasteiger partial charge is 0.225 e. The zero-order valence-corrected chi connectivity index (χ0v) is 20.4. The highest BCUT2D eigenvalue weighted by Crippen LogP contribution is 2.28. The number of ether oxygens (including phenoxy) is 1. The first-order chi connectivity index (χ1) is 15.8. The molecule has 0 aliphatic carbocycles. The normalized spacial score (nSPS) is 17.3. The van der Waals surface area contributed by atoms with Crippen molar-refractivity contribution in [1.29, 1.82) is 0 Å². The number of likely N-dealkylation sites (tertiary alicyclic amines) is 1. The van der Waals surface area contributed by atoms with Gasteiger partial charge in [-0.25, -0.2) is 9.97 Å². The van der Waals surface area contributed by atoms with E-state index in [1.54, 1.807) is 32.2 Å². The number of hydrogen-bond acceptors (Lipinski definition) is 6.